The van der Waals surface area contributed by atoms with Crippen LogP contribution in [0.3, 0.4) is 0 Å². The Balaban J connectivity index is 1.83. The molecule has 0 radical (unpaired) electrons. The lowest BCUT2D eigenvalue weighted by molar-refractivity contribution is 0.0948. The number of carbonyl (C=O) groups excluding carboxylic acids is 1. The molecule has 0 aliphatic rings. The van der Waals surface area contributed by atoms with Gasteiger partial charge in [0.25, 0.3) is 5.91 Å². The largest absolute Gasteiger partial charge is 0.368 e. The van der Waals surface area contributed by atoms with E-state index < -0.39 is 0 Å². The van der Waals surface area contributed by atoms with E-state index in [9.17, 15) is 4.79 Å². The normalized spacial score (nSPS) is 11.3. The number of benzene rings is 2. The van der Waals surface area contributed by atoms with E-state index in [2.05, 4.69) is 36.2 Å². The van der Waals surface area contributed by atoms with E-state index in [-0.39, 0.29) is 23.2 Å². The van der Waals surface area contributed by atoms with Crippen molar-refractivity contribution in [2.45, 2.75) is 26.2 Å². The van der Waals surface area contributed by atoms with Gasteiger partial charge in [-0.05, 0) is 35.2 Å². The molecule has 128 valence electrons. The van der Waals surface area contributed by atoms with Crippen molar-refractivity contribution < 1.29 is 4.79 Å². The number of rotatable bonds is 3. The number of anilines is 3. The summed E-state index contributed by atoms with van der Waals surface area (Å²) < 4.78 is 1.11. The minimum Gasteiger partial charge on any atom is -0.368 e. The summed E-state index contributed by atoms with van der Waals surface area (Å²) in [7, 11) is 0. The molecule has 0 amide bonds. The van der Waals surface area contributed by atoms with Crippen LogP contribution >= 0.6 is 0 Å². The van der Waals surface area contributed by atoms with Crippen molar-refractivity contribution >= 4 is 23.5 Å². The lowest BCUT2D eigenvalue weighted by atomic mass is 9.87. The predicted molar refractivity (Wildman–Crippen MR) is 99.0 cm³/mol. The molecule has 3 rings (SSSR count). The quantitative estimate of drug-likeness (QED) is 0.764. The number of hydrogen-bond donors (Lipinski definition) is 2. The lowest BCUT2D eigenvalue weighted by Gasteiger charge is -2.18. The number of nitrogens with one attached hydrogen (secondary N) is 1. The summed E-state index contributed by atoms with van der Waals surface area (Å²) in [4.78, 5) is 16.8. The minimum atomic E-state index is -0.313. The summed E-state index contributed by atoms with van der Waals surface area (Å²) in [5.41, 5.74) is 8.38. The van der Waals surface area contributed by atoms with Crippen molar-refractivity contribution in [1.29, 1.82) is 0 Å². The van der Waals surface area contributed by atoms with Crippen molar-refractivity contribution in [3.8, 4) is 0 Å². The second-order valence-electron chi connectivity index (χ2n) is 6.83. The van der Waals surface area contributed by atoms with Crippen LogP contribution in [0.2, 0.25) is 0 Å². The van der Waals surface area contributed by atoms with Gasteiger partial charge in [0.1, 0.15) is 0 Å². The van der Waals surface area contributed by atoms with Crippen LogP contribution in [-0.2, 0) is 5.41 Å². The van der Waals surface area contributed by atoms with Crippen LogP contribution in [0.25, 0.3) is 0 Å². The van der Waals surface area contributed by atoms with Crippen LogP contribution in [-0.4, -0.2) is 20.7 Å². The van der Waals surface area contributed by atoms with Gasteiger partial charge in [0.05, 0.1) is 0 Å². The number of nitrogens with two attached hydrogens (primary N) is 1. The maximum Gasteiger partial charge on any atom is 0.281 e. The van der Waals surface area contributed by atoms with Crippen molar-refractivity contribution in [2.24, 2.45) is 0 Å². The highest BCUT2D eigenvalue weighted by Gasteiger charge is 2.18. The summed E-state index contributed by atoms with van der Waals surface area (Å²) in [6.45, 7) is 6.38. The second-order valence-corrected chi connectivity index (χ2v) is 6.83. The predicted octanol–water partition coefficient (Wildman–Crippen LogP) is 3.59. The second kappa shape index (κ2) is 6.39. The van der Waals surface area contributed by atoms with Crippen LogP contribution in [0.15, 0.2) is 54.6 Å². The van der Waals surface area contributed by atoms with Crippen LogP contribution in [0.4, 0.5) is 17.6 Å². The van der Waals surface area contributed by atoms with Crippen molar-refractivity contribution in [3.63, 3.8) is 0 Å². The average molecular weight is 335 g/mol. The van der Waals surface area contributed by atoms with Gasteiger partial charge in [-0.25, -0.2) is 0 Å². The molecule has 6 nitrogen and oxygen atoms in total. The zero-order valence-electron chi connectivity index (χ0n) is 14.5. The van der Waals surface area contributed by atoms with Crippen LogP contribution in [0.1, 0.15) is 36.7 Å². The van der Waals surface area contributed by atoms with Gasteiger partial charge in [0.15, 0.2) is 0 Å². The van der Waals surface area contributed by atoms with E-state index in [0.717, 1.165) is 15.9 Å². The molecule has 25 heavy (non-hydrogen) atoms. The molecular formula is C19H21N5O. The van der Waals surface area contributed by atoms with Crippen molar-refractivity contribution in [3.05, 3.63) is 65.7 Å². The van der Waals surface area contributed by atoms with E-state index in [1.54, 1.807) is 12.1 Å². The molecule has 0 unspecified atom stereocenters. The molecule has 0 saturated carbocycles. The molecule has 1 heterocycles. The highest BCUT2D eigenvalue weighted by Crippen LogP contribution is 2.22. The smallest absolute Gasteiger partial charge is 0.281 e. The van der Waals surface area contributed by atoms with E-state index in [4.69, 9.17) is 5.73 Å². The molecule has 0 bridgehead atoms. The standard InChI is InChI=1S/C19H21N5O/c1-19(2,3)14-11-9-13(10-12-14)16(25)24-17(20)22-18(23-24)21-15-7-5-4-6-8-15/h4-12H,1-3H3,(H3,20,21,22,23). The molecule has 2 aromatic carbocycles. The summed E-state index contributed by atoms with van der Waals surface area (Å²) in [5, 5.41) is 7.20. The highest BCUT2D eigenvalue weighted by molar-refractivity contribution is 5.96. The van der Waals surface area contributed by atoms with E-state index in [1.807, 2.05) is 42.5 Å². The van der Waals surface area contributed by atoms with E-state index in [0.29, 0.717) is 5.56 Å². The Morgan fingerprint density at radius 3 is 2.28 bits per heavy atom. The number of nitrogens with zero attached hydrogens (tertiary/aromatic N) is 3. The first kappa shape index (κ1) is 16.7. The zero-order chi connectivity index (χ0) is 18.0. The molecule has 0 saturated heterocycles. The van der Waals surface area contributed by atoms with E-state index in [1.165, 1.54) is 0 Å². The van der Waals surface area contributed by atoms with Crippen LogP contribution in [0.5, 0.6) is 0 Å². The summed E-state index contributed by atoms with van der Waals surface area (Å²) >= 11 is 0. The molecule has 0 fully saturated rings. The SMILES string of the molecule is CC(C)(C)c1ccc(C(=O)n2nc(Nc3ccccc3)nc2N)cc1. The van der Waals surface area contributed by atoms with Gasteiger partial charge >= 0.3 is 0 Å². The number of carbonyl (C=O) groups is 1. The Bertz CT molecular complexity index is 876. The molecule has 3 N–H and O–H groups in total. The van der Waals surface area contributed by atoms with Gasteiger partial charge in [-0.1, -0.05) is 51.1 Å². The topological polar surface area (TPSA) is 85.8 Å². The third-order valence-corrected chi connectivity index (χ3v) is 3.85. The van der Waals surface area contributed by atoms with Crippen LogP contribution < -0.4 is 11.1 Å². The summed E-state index contributed by atoms with van der Waals surface area (Å²) in [6.07, 6.45) is 0. The van der Waals surface area contributed by atoms with Gasteiger partial charge in [0, 0.05) is 11.3 Å². The number of hydrogen-bond acceptors (Lipinski definition) is 5. The lowest BCUT2D eigenvalue weighted by Crippen LogP contribution is -2.17. The molecule has 0 atom stereocenters. The molecule has 3 aromatic rings. The van der Waals surface area contributed by atoms with Crippen molar-refractivity contribution in [2.75, 3.05) is 11.1 Å². The molecule has 6 heteroatoms. The average Bonchev–Trinajstić information content (AvgIpc) is 2.95. The Labute approximate surface area is 146 Å². The first-order chi connectivity index (χ1) is 11.8. The minimum absolute atomic E-state index is 0.0284. The Hall–Kier alpha value is -3.15. The maximum absolute atomic E-state index is 12.6. The fraction of sp³-hybridized carbons (Fsp3) is 0.211. The number of aromatic nitrogens is 3. The number of para-hydroxylation sites is 1. The van der Waals surface area contributed by atoms with Gasteiger partial charge in [-0.15, -0.1) is 5.10 Å². The zero-order valence-corrected chi connectivity index (χ0v) is 14.5. The maximum atomic E-state index is 12.6. The first-order valence-electron chi connectivity index (χ1n) is 8.04. The monoisotopic (exact) mass is 335 g/mol. The fourth-order valence-electron chi connectivity index (χ4n) is 2.41. The van der Waals surface area contributed by atoms with Gasteiger partial charge in [-0.3, -0.25) is 4.79 Å². The molecule has 0 spiro atoms. The molecular weight excluding hydrogens is 314 g/mol. The highest BCUT2D eigenvalue weighted by atomic mass is 16.2. The van der Waals surface area contributed by atoms with Gasteiger partial charge in [0.2, 0.25) is 11.9 Å². The molecule has 0 aliphatic heterocycles. The molecule has 0 aliphatic carbocycles. The third kappa shape index (κ3) is 3.68. The first-order valence-corrected chi connectivity index (χ1v) is 8.04. The molecule has 1 aromatic heterocycles. The fourth-order valence-corrected chi connectivity index (χ4v) is 2.41. The number of nitrogen functional groups attached to an aromatic ring is 1. The Kier molecular flexibility index (Phi) is 4.27. The van der Waals surface area contributed by atoms with Crippen LogP contribution in [0, 0.1) is 0 Å². The summed E-state index contributed by atoms with van der Waals surface area (Å²) in [6, 6.07) is 16.9. The Morgan fingerprint density at radius 2 is 1.68 bits per heavy atom. The van der Waals surface area contributed by atoms with Crippen molar-refractivity contribution in [1.82, 2.24) is 14.8 Å². The van der Waals surface area contributed by atoms with E-state index >= 15 is 0 Å². The Morgan fingerprint density at radius 1 is 1.04 bits per heavy atom. The van der Waals surface area contributed by atoms with Gasteiger partial charge < -0.3 is 11.1 Å². The summed E-state index contributed by atoms with van der Waals surface area (Å²) in [5.74, 6) is 0.0123. The van der Waals surface area contributed by atoms with Gasteiger partial charge in [-0.2, -0.15) is 9.67 Å². The third-order valence-electron chi connectivity index (χ3n) is 3.85.